The molecule has 118 valence electrons. The van der Waals surface area contributed by atoms with Gasteiger partial charge in [0.25, 0.3) is 5.91 Å². The van der Waals surface area contributed by atoms with Crippen molar-refractivity contribution in [2.75, 3.05) is 11.9 Å². The minimum atomic E-state index is -0.405. The molecule has 0 aliphatic carbocycles. The molecule has 1 aromatic rings. The molecule has 0 heterocycles. The molecule has 22 heavy (non-hydrogen) atoms. The van der Waals surface area contributed by atoms with E-state index in [0.29, 0.717) is 23.6 Å². The number of benzene rings is 1. The fraction of sp³-hybridized carbons (Fsp3) is 0.333. The smallest absolute Gasteiger partial charge is 0.311 e. The van der Waals surface area contributed by atoms with E-state index in [1.807, 2.05) is 0 Å². The van der Waals surface area contributed by atoms with E-state index >= 15 is 0 Å². The number of hydrogen-bond donors (Lipinski definition) is 2. The predicted molar refractivity (Wildman–Crippen MR) is 82.6 cm³/mol. The van der Waals surface area contributed by atoms with Gasteiger partial charge in [-0.05, 0) is 38.1 Å². The standard InChI is InChI=1S/C15H19N3O4/c1-4-22-14(20)9-10(2)17-18-15(21)12-5-7-13(8-6-12)16-11(3)19/h5-8H,4,9H2,1-3H3,(H,16,19)(H,18,21). The second-order valence-electron chi connectivity index (χ2n) is 4.53. The van der Waals surface area contributed by atoms with E-state index in [0.717, 1.165) is 0 Å². The van der Waals surface area contributed by atoms with Gasteiger partial charge in [0.05, 0.1) is 13.0 Å². The number of amides is 2. The van der Waals surface area contributed by atoms with Gasteiger partial charge in [-0.25, -0.2) is 5.43 Å². The van der Waals surface area contributed by atoms with Gasteiger partial charge in [0, 0.05) is 23.9 Å². The van der Waals surface area contributed by atoms with Gasteiger partial charge in [0.2, 0.25) is 5.91 Å². The number of nitrogens with zero attached hydrogens (tertiary/aromatic N) is 1. The summed E-state index contributed by atoms with van der Waals surface area (Å²) in [5.41, 5.74) is 3.80. The van der Waals surface area contributed by atoms with Crippen molar-refractivity contribution in [2.24, 2.45) is 5.10 Å². The monoisotopic (exact) mass is 305 g/mol. The summed E-state index contributed by atoms with van der Waals surface area (Å²) in [5, 5.41) is 6.45. The highest BCUT2D eigenvalue weighted by Crippen LogP contribution is 2.09. The molecule has 2 N–H and O–H groups in total. The molecule has 1 rings (SSSR count). The van der Waals surface area contributed by atoms with Gasteiger partial charge in [-0.15, -0.1) is 0 Å². The van der Waals surface area contributed by atoms with Gasteiger partial charge in [0.15, 0.2) is 0 Å². The number of carbonyl (C=O) groups is 3. The van der Waals surface area contributed by atoms with Crippen LogP contribution in [-0.2, 0) is 14.3 Å². The van der Waals surface area contributed by atoms with Crippen LogP contribution in [0, 0.1) is 0 Å². The average molecular weight is 305 g/mol. The highest BCUT2D eigenvalue weighted by molar-refractivity contribution is 5.99. The van der Waals surface area contributed by atoms with Crippen molar-refractivity contribution in [1.82, 2.24) is 5.43 Å². The van der Waals surface area contributed by atoms with E-state index in [2.05, 4.69) is 15.8 Å². The molecule has 0 saturated heterocycles. The Labute approximate surface area is 128 Å². The van der Waals surface area contributed by atoms with Crippen LogP contribution >= 0.6 is 0 Å². The van der Waals surface area contributed by atoms with E-state index in [9.17, 15) is 14.4 Å². The number of esters is 1. The first kappa shape index (κ1) is 17.4. The lowest BCUT2D eigenvalue weighted by atomic mass is 10.2. The molecule has 2 amide bonds. The molecule has 0 fully saturated rings. The molecule has 0 atom stereocenters. The van der Waals surface area contributed by atoms with Gasteiger partial charge in [-0.2, -0.15) is 5.10 Å². The average Bonchev–Trinajstić information content (AvgIpc) is 2.45. The number of ether oxygens (including phenoxy) is 1. The maximum Gasteiger partial charge on any atom is 0.311 e. The fourth-order valence-corrected chi connectivity index (χ4v) is 1.58. The molecule has 7 heteroatoms. The summed E-state index contributed by atoms with van der Waals surface area (Å²) in [6.45, 7) is 5.05. The maximum atomic E-state index is 11.9. The predicted octanol–water partition coefficient (Wildman–Crippen LogP) is 1.70. The summed E-state index contributed by atoms with van der Waals surface area (Å²) in [4.78, 5) is 34.0. The zero-order chi connectivity index (χ0) is 16.5. The summed E-state index contributed by atoms with van der Waals surface area (Å²) in [6.07, 6.45) is 0.0234. The van der Waals surface area contributed by atoms with Gasteiger partial charge in [0.1, 0.15) is 0 Å². The molecule has 0 saturated carbocycles. The number of nitrogens with one attached hydrogen (secondary N) is 2. The van der Waals surface area contributed by atoms with Gasteiger partial charge in [-0.1, -0.05) is 0 Å². The van der Waals surface area contributed by atoms with Crippen molar-refractivity contribution in [3.63, 3.8) is 0 Å². The van der Waals surface area contributed by atoms with Crippen molar-refractivity contribution >= 4 is 29.2 Å². The summed E-state index contributed by atoms with van der Waals surface area (Å²) < 4.78 is 4.78. The van der Waals surface area contributed by atoms with Crippen molar-refractivity contribution in [1.29, 1.82) is 0 Å². The van der Waals surface area contributed by atoms with Crippen LogP contribution < -0.4 is 10.7 Å². The van der Waals surface area contributed by atoms with Crippen LogP contribution in [0.15, 0.2) is 29.4 Å². The van der Waals surface area contributed by atoms with E-state index in [1.165, 1.54) is 6.92 Å². The summed E-state index contributed by atoms with van der Waals surface area (Å²) in [6, 6.07) is 6.37. The van der Waals surface area contributed by atoms with Crippen LogP contribution in [0.25, 0.3) is 0 Å². The largest absolute Gasteiger partial charge is 0.466 e. The Morgan fingerprint density at radius 3 is 2.32 bits per heavy atom. The highest BCUT2D eigenvalue weighted by Gasteiger charge is 2.07. The molecule has 0 aromatic heterocycles. The highest BCUT2D eigenvalue weighted by atomic mass is 16.5. The molecular formula is C15H19N3O4. The second-order valence-corrected chi connectivity index (χ2v) is 4.53. The Morgan fingerprint density at radius 1 is 1.14 bits per heavy atom. The van der Waals surface area contributed by atoms with Crippen molar-refractivity contribution in [3.8, 4) is 0 Å². The maximum absolute atomic E-state index is 11.9. The summed E-state index contributed by atoms with van der Waals surface area (Å²) in [7, 11) is 0. The van der Waals surface area contributed by atoms with E-state index in [4.69, 9.17) is 4.74 Å². The van der Waals surface area contributed by atoms with Crippen molar-refractivity contribution < 1.29 is 19.1 Å². The Hall–Kier alpha value is -2.70. The normalized spacial score (nSPS) is 10.8. The molecule has 0 unspecified atom stereocenters. The lowest BCUT2D eigenvalue weighted by Gasteiger charge is -2.05. The SMILES string of the molecule is CCOC(=O)CC(C)=NNC(=O)c1ccc(NC(C)=O)cc1. The molecule has 0 aliphatic heterocycles. The number of hydrazone groups is 1. The van der Waals surface area contributed by atoms with Crippen LogP contribution in [0.2, 0.25) is 0 Å². The minimum absolute atomic E-state index is 0.0234. The number of anilines is 1. The van der Waals surface area contributed by atoms with Crippen molar-refractivity contribution in [2.45, 2.75) is 27.2 Å². The lowest BCUT2D eigenvalue weighted by molar-refractivity contribution is -0.141. The molecule has 0 spiro atoms. The van der Waals surface area contributed by atoms with Gasteiger partial charge >= 0.3 is 5.97 Å². The third-order valence-corrected chi connectivity index (χ3v) is 2.52. The zero-order valence-corrected chi connectivity index (χ0v) is 12.8. The number of carbonyl (C=O) groups excluding carboxylic acids is 3. The third kappa shape index (κ3) is 6.17. The van der Waals surface area contributed by atoms with Crippen LogP contribution in [0.5, 0.6) is 0 Å². The van der Waals surface area contributed by atoms with Gasteiger partial charge < -0.3 is 10.1 Å². The Bertz CT molecular complexity index is 579. The van der Waals surface area contributed by atoms with Gasteiger partial charge in [-0.3, -0.25) is 14.4 Å². The first-order chi connectivity index (χ1) is 10.4. The molecule has 0 radical (unpaired) electrons. The fourth-order valence-electron chi connectivity index (χ4n) is 1.58. The number of rotatable bonds is 6. The third-order valence-electron chi connectivity index (χ3n) is 2.52. The van der Waals surface area contributed by atoms with E-state index < -0.39 is 11.9 Å². The molecule has 0 bridgehead atoms. The molecule has 1 aromatic carbocycles. The zero-order valence-electron chi connectivity index (χ0n) is 12.8. The Morgan fingerprint density at radius 2 is 1.77 bits per heavy atom. The van der Waals surface area contributed by atoms with Crippen LogP contribution in [-0.4, -0.2) is 30.1 Å². The summed E-state index contributed by atoms with van der Waals surface area (Å²) >= 11 is 0. The summed E-state index contributed by atoms with van der Waals surface area (Å²) in [5.74, 6) is -0.980. The lowest BCUT2D eigenvalue weighted by Crippen LogP contribution is -2.20. The van der Waals surface area contributed by atoms with E-state index in [-0.39, 0.29) is 12.3 Å². The van der Waals surface area contributed by atoms with Crippen molar-refractivity contribution in [3.05, 3.63) is 29.8 Å². The first-order valence-corrected chi connectivity index (χ1v) is 6.79. The molecule has 7 nitrogen and oxygen atoms in total. The van der Waals surface area contributed by atoms with Crippen LogP contribution in [0.3, 0.4) is 0 Å². The topological polar surface area (TPSA) is 96.9 Å². The number of hydrogen-bond acceptors (Lipinski definition) is 5. The Balaban J connectivity index is 2.57. The molecular weight excluding hydrogens is 286 g/mol. The van der Waals surface area contributed by atoms with E-state index in [1.54, 1.807) is 38.1 Å². The first-order valence-electron chi connectivity index (χ1n) is 6.79. The quantitative estimate of drug-likeness (QED) is 0.475. The van der Waals surface area contributed by atoms with Crippen LogP contribution in [0.1, 0.15) is 37.6 Å². The second kappa shape index (κ2) is 8.56. The Kier molecular flexibility index (Phi) is 6.75. The molecule has 0 aliphatic rings. The minimum Gasteiger partial charge on any atom is -0.466 e. The van der Waals surface area contributed by atoms with Crippen LogP contribution in [0.4, 0.5) is 5.69 Å².